The predicted octanol–water partition coefficient (Wildman–Crippen LogP) is 1.81. The molecule has 5 heteroatoms. The summed E-state index contributed by atoms with van der Waals surface area (Å²) in [7, 11) is 1.80. The third kappa shape index (κ3) is 4.29. The van der Waals surface area contributed by atoms with Gasteiger partial charge in [-0.25, -0.2) is 4.79 Å². The number of hydrogen-bond acceptors (Lipinski definition) is 3. The van der Waals surface area contributed by atoms with E-state index in [0.29, 0.717) is 30.9 Å². The number of carboxylic acid groups (broad SMARTS) is 1. The first-order valence-electron chi connectivity index (χ1n) is 7.21. The summed E-state index contributed by atoms with van der Waals surface area (Å²) in [5, 5.41) is 9.12. The van der Waals surface area contributed by atoms with Crippen LogP contribution in [0.15, 0.2) is 24.3 Å². The van der Waals surface area contributed by atoms with Crippen molar-refractivity contribution in [3.63, 3.8) is 0 Å². The molecule has 1 aliphatic heterocycles. The fraction of sp³-hybridized carbons (Fsp3) is 0.500. The molecular formula is C16H21NO4. The molecule has 0 aliphatic carbocycles. The van der Waals surface area contributed by atoms with Crippen LogP contribution in [0.2, 0.25) is 0 Å². The summed E-state index contributed by atoms with van der Waals surface area (Å²) in [5.74, 6) is -0.484. The number of carbonyl (C=O) groups is 2. The first-order valence-corrected chi connectivity index (χ1v) is 7.21. The van der Waals surface area contributed by atoms with E-state index in [1.54, 1.807) is 36.2 Å². The van der Waals surface area contributed by atoms with Crippen LogP contribution < -0.4 is 0 Å². The molecule has 1 N–H and O–H groups in total. The maximum absolute atomic E-state index is 12.1. The molecule has 0 bridgehead atoms. The highest BCUT2D eigenvalue weighted by atomic mass is 16.5. The number of benzene rings is 1. The zero-order valence-electron chi connectivity index (χ0n) is 12.2. The van der Waals surface area contributed by atoms with E-state index in [0.717, 1.165) is 19.6 Å². The fourth-order valence-electron chi connectivity index (χ4n) is 2.60. The summed E-state index contributed by atoms with van der Waals surface area (Å²) >= 11 is 0. The van der Waals surface area contributed by atoms with Crippen LogP contribution in [0.5, 0.6) is 0 Å². The summed E-state index contributed by atoms with van der Waals surface area (Å²) in [6, 6.07) is 6.83. The number of carbonyl (C=O) groups excluding carboxylic acids is 1. The van der Waals surface area contributed by atoms with Crippen molar-refractivity contribution in [3.05, 3.63) is 35.4 Å². The minimum atomic E-state index is -0.950. The summed E-state index contributed by atoms with van der Waals surface area (Å²) in [5.41, 5.74) is 0.980. The normalized spacial score (nSPS) is 17.7. The van der Waals surface area contributed by atoms with E-state index in [9.17, 15) is 9.59 Å². The van der Waals surface area contributed by atoms with E-state index in [4.69, 9.17) is 9.84 Å². The number of amides is 1. The monoisotopic (exact) mass is 291 g/mol. The molecule has 1 atom stereocenters. The van der Waals surface area contributed by atoms with Crippen molar-refractivity contribution < 1.29 is 19.4 Å². The third-order valence-corrected chi connectivity index (χ3v) is 3.84. The summed E-state index contributed by atoms with van der Waals surface area (Å²) < 4.78 is 5.31. The molecule has 1 fully saturated rings. The van der Waals surface area contributed by atoms with E-state index in [-0.39, 0.29) is 11.5 Å². The van der Waals surface area contributed by atoms with E-state index >= 15 is 0 Å². The molecular weight excluding hydrogens is 270 g/mol. The van der Waals surface area contributed by atoms with Gasteiger partial charge in [-0.05, 0) is 24.5 Å². The van der Waals surface area contributed by atoms with Gasteiger partial charge in [-0.2, -0.15) is 0 Å². The van der Waals surface area contributed by atoms with Gasteiger partial charge in [0.05, 0.1) is 12.2 Å². The van der Waals surface area contributed by atoms with Gasteiger partial charge < -0.3 is 14.7 Å². The number of carboxylic acids is 1. The average molecular weight is 291 g/mol. The van der Waals surface area contributed by atoms with E-state index < -0.39 is 5.97 Å². The lowest BCUT2D eigenvalue weighted by molar-refractivity contribution is -0.130. The molecule has 0 spiro atoms. The van der Waals surface area contributed by atoms with Crippen molar-refractivity contribution in [1.29, 1.82) is 0 Å². The molecule has 1 heterocycles. The van der Waals surface area contributed by atoms with Crippen LogP contribution in [0.25, 0.3) is 0 Å². The molecule has 1 aromatic rings. The quantitative estimate of drug-likeness (QED) is 0.868. The van der Waals surface area contributed by atoms with Gasteiger partial charge in [-0.15, -0.1) is 0 Å². The van der Waals surface area contributed by atoms with Crippen LogP contribution in [0.1, 0.15) is 28.8 Å². The molecule has 5 nitrogen and oxygen atoms in total. The summed E-state index contributed by atoms with van der Waals surface area (Å²) in [4.78, 5) is 25.0. The number of aryl methyl sites for hydroxylation is 1. The second-order valence-corrected chi connectivity index (χ2v) is 5.47. The molecule has 0 aromatic heterocycles. The Kier molecular flexibility index (Phi) is 5.33. The number of hydrogen-bond donors (Lipinski definition) is 1. The molecule has 1 saturated heterocycles. The summed E-state index contributed by atoms with van der Waals surface area (Å²) in [6.45, 7) is 2.21. The largest absolute Gasteiger partial charge is 0.478 e. The maximum Gasteiger partial charge on any atom is 0.335 e. The van der Waals surface area contributed by atoms with Crippen LogP contribution in [-0.4, -0.2) is 48.7 Å². The van der Waals surface area contributed by atoms with Crippen LogP contribution in [0.4, 0.5) is 0 Å². The summed E-state index contributed by atoms with van der Waals surface area (Å²) in [6.07, 6.45) is 1.78. The lowest BCUT2D eigenvalue weighted by atomic mass is 10.0. The Morgan fingerprint density at radius 2 is 2.14 bits per heavy atom. The van der Waals surface area contributed by atoms with Gasteiger partial charge >= 0.3 is 5.97 Å². The first kappa shape index (κ1) is 15.5. The minimum absolute atomic E-state index is 0.0436. The van der Waals surface area contributed by atoms with E-state index in [1.807, 2.05) is 0 Å². The highest BCUT2D eigenvalue weighted by Gasteiger charge is 2.20. The predicted molar refractivity (Wildman–Crippen MR) is 78.3 cm³/mol. The number of nitrogens with zero attached hydrogens (tertiary/aromatic N) is 1. The fourth-order valence-corrected chi connectivity index (χ4v) is 2.60. The topological polar surface area (TPSA) is 66.8 Å². The van der Waals surface area contributed by atoms with Gasteiger partial charge in [0.15, 0.2) is 0 Å². The average Bonchev–Trinajstić information content (AvgIpc) is 2.97. The van der Waals surface area contributed by atoms with Crippen molar-refractivity contribution in [3.8, 4) is 0 Å². The number of rotatable bonds is 6. The maximum atomic E-state index is 12.1. The standard InChI is InChI=1S/C16H21NO4/c1-17(10-12-8-9-21-11-12)15(18)7-6-13-4-2-3-5-14(13)16(19)20/h2-5,12H,6-11H2,1H3,(H,19,20). The van der Waals surface area contributed by atoms with Crippen molar-refractivity contribution in [2.24, 2.45) is 5.92 Å². The van der Waals surface area contributed by atoms with Gasteiger partial charge in [0.1, 0.15) is 0 Å². The second-order valence-electron chi connectivity index (χ2n) is 5.47. The van der Waals surface area contributed by atoms with Crippen molar-refractivity contribution >= 4 is 11.9 Å². The lowest BCUT2D eigenvalue weighted by Crippen LogP contribution is -2.32. The Hall–Kier alpha value is -1.88. The molecule has 0 saturated carbocycles. The Morgan fingerprint density at radius 1 is 1.38 bits per heavy atom. The van der Waals surface area contributed by atoms with Crippen LogP contribution in [0, 0.1) is 5.92 Å². The Bertz CT molecular complexity index is 509. The number of aromatic carboxylic acids is 1. The first-order chi connectivity index (χ1) is 10.1. The molecule has 21 heavy (non-hydrogen) atoms. The molecule has 1 unspecified atom stereocenters. The van der Waals surface area contributed by atoms with Crippen molar-refractivity contribution in [2.75, 3.05) is 26.8 Å². The van der Waals surface area contributed by atoms with Crippen molar-refractivity contribution in [2.45, 2.75) is 19.3 Å². The van der Waals surface area contributed by atoms with E-state index in [1.165, 1.54) is 0 Å². The van der Waals surface area contributed by atoms with Gasteiger partial charge in [0.25, 0.3) is 0 Å². The van der Waals surface area contributed by atoms with E-state index in [2.05, 4.69) is 0 Å². The second kappa shape index (κ2) is 7.22. The number of ether oxygens (including phenoxy) is 1. The van der Waals surface area contributed by atoms with Crippen LogP contribution >= 0.6 is 0 Å². The highest BCUT2D eigenvalue weighted by Crippen LogP contribution is 2.15. The smallest absolute Gasteiger partial charge is 0.335 e. The third-order valence-electron chi connectivity index (χ3n) is 3.84. The molecule has 114 valence electrons. The molecule has 1 aliphatic rings. The molecule has 0 radical (unpaired) electrons. The molecule has 1 amide bonds. The SMILES string of the molecule is CN(CC1CCOC1)C(=O)CCc1ccccc1C(=O)O. The zero-order chi connectivity index (χ0) is 15.2. The molecule has 2 rings (SSSR count). The van der Waals surface area contributed by atoms with Gasteiger partial charge in [-0.3, -0.25) is 4.79 Å². The van der Waals surface area contributed by atoms with Gasteiger partial charge in [0.2, 0.25) is 5.91 Å². The van der Waals surface area contributed by atoms with Gasteiger partial charge in [0, 0.05) is 32.5 Å². The van der Waals surface area contributed by atoms with Gasteiger partial charge in [-0.1, -0.05) is 18.2 Å². The highest BCUT2D eigenvalue weighted by molar-refractivity contribution is 5.89. The Balaban J connectivity index is 1.87. The lowest BCUT2D eigenvalue weighted by Gasteiger charge is -2.20. The van der Waals surface area contributed by atoms with Crippen molar-refractivity contribution in [1.82, 2.24) is 4.90 Å². The van der Waals surface area contributed by atoms with Crippen LogP contribution in [-0.2, 0) is 16.0 Å². The Morgan fingerprint density at radius 3 is 2.81 bits per heavy atom. The molecule has 1 aromatic carbocycles. The Labute approximate surface area is 124 Å². The van der Waals surface area contributed by atoms with Crippen LogP contribution in [0.3, 0.4) is 0 Å². The zero-order valence-corrected chi connectivity index (χ0v) is 12.2. The minimum Gasteiger partial charge on any atom is -0.478 e.